The van der Waals surface area contributed by atoms with E-state index in [4.69, 9.17) is 18.9 Å². The van der Waals surface area contributed by atoms with E-state index in [-0.39, 0.29) is 24.9 Å². The Morgan fingerprint density at radius 3 is 2.22 bits per heavy atom. The summed E-state index contributed by atoms with van der Waals surface area (Å²) in [6.45, 7) is 5.09. The van der Waals surface area contributed by atoms with Crippen molar-refractivity contribution in [1.29, 1.82) is 0 Å². The van der Waals surface area contributed by atoms with E-state index in [1.165, 1.54) is 22.3 Å². The van der Waals surface area contributed by atoms with Crippen LogP contribution < -0.4 is 14.2 Å². The summed E-state index contributed by atoms with van der Waals surface area (Å²) in [6.07, 6.45) is 2.40. The van der Waals surface area contributed by atoms with Crippen molar-refractivity contribution < 1.29 is 28.5 Å². The van der Waals surface area contributed by atoms with Crippen molar-refractivity contribution in [3.05, 3.63) is 52.6 Å². The molecule has 4 rings (SSSR count). The molecule has 0 N–H and O–H groups in total. The van der Waals surface area contributed by atoms with Crippen LogP contribution in [-0.2, 0) is 28.8 Å². The quantitative estimate of drug-likeness (QED) is 0.353. The minimum absolute atomic E-state index is 0. The summed E-state index contributed by atoms with van der Waals surface area (Å²) < 4.78 is 20.9. The molecule has 0 bridgehead atoms. The van der Waals surface area contributed by atoms with Gasteiger partial charge in [0.25, 0.3) is 0 Å². The second kappa shape index (κ2) is 13.0. The lowest BCUT2D eigenvalue weighted by atomic mass is 9.77. The number of carbonyl (C=O) groups excluding carboxylic acids is 2. The summed E-state index contributed by atoms with van der Waals surface area (Å²) in [5.41, 5.74) is 4.92. The number of hydrogen-bond donors (Lipinski definition) is 0. The van der Waals surface area contributed by atoms with Gasteiger partial charge in [0.1, 0.15) is 5.75 Å². The first-order chi connectivity index (χ1) is 17.4. The zero-order chi connectivity index (χ0) is 25.7. The Bertz CT molecular complexity index is 1070. The van der Waals surface area contributed by atoms with E-state index < -0.39 is 6.16 Å². The van der Waals surface area contributed by atoms with Gasteiger partial charge in [0.15, 0.2) is 11.5 Å². The highest BCUT2D eigenvalue weighted by Crippen LogP contribution is 2.38. The molecule has 1 unspecified atom stereocenters. The Morgan fingerprint density at radius 1 is 1.00 bits per heavy atom. The van der Waals surface area contributed by atoms with Gasteiger partial charge in [0.2, 0.25) is 5.91 Å². The summed E-state index contributed by atoms with van der Waals surface area (Å²) in [7, 11) is 5.36. The van der Waals surface area contributed by atoms with Gasteiger partial charge in [0.05, 0.1) is 20.8 Å². The highest BCUT2D eigenvalue weighted by molar-refractivity contribution is 5.85. The van der Waals surface area contributed by atoms with Crippen molar-refractivity contribution >= 4 is 24.5 Å². The topological polar surface area (TPSA) is 77.5 Å². The minimum Gasteiger partial charge on any atom is -0.493 e. The molecule has 2 aromatic rings. The zero-order valence-electron chi connectivity index (χ0n) is 22.1. The van der Waals surface area contributed by atoms with Crippen molar-refractivity contribution in [3.8, 4) is 17.2 Å². The van der Waals surface area contributed by atoms with Gasteiger partial charge < -0.3 is 28.7 Å². The molecule has 0 radical (unpaired) electrons. The SMILES string of the molecule is CCOC(=O)Oc1ccc2c(c1)CC2CN(C)CCC(=O)N1CCc2cc(OC)c(OC)cc2CC1.Cl. The van der Waals surface area contributed by atoms with Crippen molar-refractivity contribution in [3.63, 3.8) is 0 Å². The van der Waals surface area contributed by atoms with Crippen LogP contribution >= 0.6 is 12.4 Å². The predicted molar refractivity (Wildman–Crippen MR) is 143 cm³/mol. The van der Waals surface area contributed by atoms with Gasteiger partial charge in [-0.3, -0.25) is 4.79 Å². The smallest absolute Gasteiger partial charge is 0.493 e. The third kappa shape index (κ3) is 6.87. The number of benzene rings is 2. The molecule has 1 aliphatic carbocycles. The molecule has 0 fully saturated rings. The number of likely N-dealkylation sites (N-methyl/N-ethyl adjacent to an activating group) is 1. The largest absolute Gasteiger partial charge is 0.513 e. The number of rotatable bonds is 9. The number of hydrogen-bond acceptors (Lipinski definition) is 7. The lowest BCUT2D eigenvalue weighted by Crippen LogP contribution is -2.37. The van der Waals surface area contributed by atoms with E-state index in [1.54, 1.807) is 21.1 Å². The predicted octanol–water partition coefficient (Wildman–Crippen LogP) is 4.25. The molecule has 0 spiro atoms. The lowest BCUT2D eigenvalue weighted by molar-refractivity contribution is -0.131. The summed E-state index contributed by atoms with van der Waals surface area (Å²) in [5.74, 6) is 2.61. The molecule has 2 aliphatic rings. The fraction of sp³-hybridized carbons (Fsp3) is 0.500. The van der Waals surface area contributed by atoms with Crippen LogP contribution in [0.2, 0.25) is 0 Å². The molecule has 8 nitrogen and oxygen atoms in total. The molecule has 0 saturated heterocycles. The van der Waals surface area contributed by atoms with Crippen LogP contribution in [0.15, 0.2) is 30.3 Å². The van der Waals surface area contributed by atoms with Crippen molar-refractivity contribution in [1.82, 2.24) is 9.80 Å². The van der Waals surface area contributed by atoms with Crippen molar-refractivity contribution in [2.24, 2.45) is 0 Å². The summed E-state index contributed by atoms with van der Waals surface area (Å²) in [6, 6.07) is 9.83. The number of ether oxygens (including phenoxy) is 4. The molecule has 0 aromatic heterocycles. The zero-order valence-corrected chi connectivity index (χ0v) is 22.9. The Hall–Kier alpha value is -2.97. The Kier molecular flexibility index (Phi) is 10.1. The molecule has 1 heterocycles. The van der Waals surface area contributed by atoms with Crippen LogP contribution in [0.25, 0.3) is 0 Å². The summed E-state index contributed by atoms with van der Waals surface area (Å²) in [4.78, 5) is 28.7. The number of methoxy groups -OCH3 is 2. The third-order valence-corrected chi connectivity index (χ3v) is 7.08. The Labute approximate surface area is 225 Å². The molecular formula is C28H37ClN2O6. The van der Waals surface area contributed by atoms with Gasteiger partial charge in [-0.25, -0.2) is 4.79 Å². The maximum Gasteiger partial charge on any atom is 0.513 e. The van der Waals surface area contributed by atoms with Gasteiger partial charge in [-0.2, -0.15) is 0 Å². The number of carbonyl (C=O) groups is 2. The molecule has 1 atom stereocenters. The van der Waals surface area contributed by atoms with Gasteiger partial charge in [0, 0.05) is 38.5 Å². The third-order valence-electron chi connectivity index (χ3n) is 7.08. The maximum absolute atomic E-state index is 13.0. The van der Waals surface area contributed by atoms with E-state index in [0.717, 1.165) is 56.9 Å². The Morgan fingerprint density at radius 2 is 1.65 bits per heavy atom. The Balaban J connectivity index is 0.00000380. The van der Waals surface area contributed by atoms with Gasteiger partial charge in [-0.1, -0.05) is 6.07 Å². The standard InChI is InChI=1S/C28H36N2O6.ClH/c1-5-35-28(32)36-23-6-7-24-21(15-23)14-22(24)18-29(2)11-10-27(31)30-12-8-19-16-25(33-3)26(34-4)17-20(19)9-13-30;/h6-7,15-17,22H,5,8-14,18H2,1-4H3;1H. The minimum atomic E-state index is -0.675. The average Bonchev–Trinajstić information content (AvgIpc) is 3.07. The van der Waals surface area contributed by atoms with E-state index in [1.807, 2.05) is 35.2 Å². The second-order valence-corrected chi connectivity index (χ2v) is 9.42. The van der Waals surface area contributed by atoms with E-state index >= 15 is 0 Å². The van der Waals surface area contributed by atoms with Gasteiger partial charge in [-0.05, 0) is 79.8 Å². The van der Waals surface area contributed by atoms with Gasteiger partial charge >= 0.3 is 6.16 Å². The van der Waals surface area contributed by atoms with E-state index in [0.29, 0.717) is 18.1 Å². The average molecular weight is 533 g/mol. The first-order valence-electron chi connectivity index (χ1n) is 12.6. The summed E-state index contributed by atoms with van der Waals surface area (Å²) in [5, 5.41) is 0. The van der Waals surface area contributed by atoms with Crippen LogP contribution in [0, 0.1) is 0 Å². The maximum atomic E-state index is 13.0. The first-order valence-corrected chi connectivity index (χ1v) is 12.6. The first kappa shape index (κ1) is 28.6. The monoisotopic (exact) mass is 532 g/mol. The molecule has 1 amide bonds. The normalized spacial score (nSPS) is 15.9. The van der Waals surface area contributed by atoms with Gasteiger partial charge in [-0.15, -0.1) is 12.4 Å². The van der Waals surface area contributed by atoms with Crippen LogP contribution in [0.3, 0.4) is 0 Å². The number of amides is 1. The molecule has 0 saturated carbocycles. The molecule has 202 valence electrons. The van der Waals surface area contributed by atoms with E-state index in [9.17, 15) is 9.59 Å². The van der Waals surface area contributed by atoms with Crippen LogP contribution in [0.4, 0.5) is 4.79 Å². The second-order valence-electron chi connectivity index (χ2n) is 9.42. The van der Waals surface area contributed by atoms with Crippen LogP contribution in [-0.4, -0.2) is 75.9 Å². The highest BCUT2D eigenvalue weighted by atomic mass is 35.5. The fourth-order valence-electron chi connectivity index (χ4n) is 5.08. The van der Waals surface area contributed by atoms with Crippen LogP contribution in [0.5, 0.6) is 17.2 Å². The van der Waals surface area contributed by atoms with Crippen molar-refractivity contribution in [2.45, 2.75) is 38.5 Å². The lowest BCUT2D eigenvalue weighted by Gasteiger charge is -2.34. The summed E-state index contributed by atoms with van der Waals surface area (Å²) >= 11 is 0. The van der Waals surface area contributed by atoms with Crippen LogP contribution in [0.1, 0.15) is 41.5 Å². The number of fused-ring (bicyclic) bond motifs is 2. The molecule has 2 aromatic carbocycles. The van der Waals surface area contributed by atoms with Crippen molar-refractivity contribution in [2.75, 3.05) is 54.1 Å². The molecular weight excluding hydrogens is 496 g/mol. The molecule has 1 aliphatic heterocycles. The highest BCUT2D eigenvalue weighted by Gasteiger charge is 2.28. The number of nitrogens with zero attached hydrogens (tertiary/aromatic N) is 2. The fourth-order valence-corrected chi connectivity index (χ4v) is 5.08. The molecule has 9 heteroatoms. The number of halogens is 1. The van der Waals surface area contributed by atoms with E-state index in [2.05, 4.69) is 11.9 Å². The molecule has 37 heavy (non-hydrogen) atoms.